The van der Waals surface area contributed by atoms with Gasteiger partial charge in [0.2, 0.25) is 11.8 Å². The fourth-order valence-electron chi connectivity index (χ4n) is 3.91. The predicted octanol–water partition coefficient (Wildman–Crippen LogP) is 4.38. The number of rotatable bonds is 8. The van der Waals surface area contributed by atoms with Crippen molar-refractivity contribution in [2.75, 3.05) is 0 Å². The number of carbonyl (C=O) groups is 2. The molecule has 1 aliphatic rings. The van der Waals surface area contributed by atoms with E-state index in [1.165, 1.54) is 11.0 Å². The Morgan fingerprint density at radius 2 is 1.90 bits per heavy atom. The Bertz CT molecular complexity index is 959. The van der Waals surface area contributed by atoms with Crippen molar-refractivity contribution in [2.24, 2.45) is 0 Å². The third kappa shape index (κ3) is 6.13. The molecule has 1 atom stereocenters. The first kappa shape index (κ1) is 22.9. The summed E-state index contributed by atoms with van der Waals surface area (Å²) in [7, 11) is 0. The minimum Gasteiger partial charge on any atom is -0.352 e. The highest BCUT2D eigenvalue weighted by atomic mass is 79.9. The van der Waals surface area contributed by atoms with Crippen molar-refractivity contribution >= 4 is 33.4 Å². The summed E-state index contributed by atoms with van der Waals surface area (Å²) in [5, 5.41) is 14.4. The molecule has 0 heterocycles. The third-order valence-electron chi connectivity index (χ3n) is 5.64. The summed E-state index contributed by atoms with van der Waals surface area (Å²) in [4.78, 5) is 38.5. The minimum absolute atomic E-state index is 0.0960. The van der Waals surface area contributed by atoms with Crippen LogP contribution in [0.5, 0.6) is 0 Å². The van der Waals surface area contributed by atoms with Crippen molar-refractivity contribution in [2.45, 2.75) is 57.7 Å². The molecule has 1 fully saturated rings. The lowest BCUT2D eigenvalue weighted by molar-refractivity contribution is -0.385. The van der Waals surface area contributed by atoms with Gasteiger partial charge in [0.15, 0.2) is 0 Å². The Morgan fingerprint density at radius 3 is 2.58 bits per heavy atom. The van der Waals surface area contributed by atoms with Crippen molar-refractivity contribution in [3.63, 3.8) is 0 Å². The number of para-hydroxylation sites is 1. The van der Waals surface area contributed by atoms with E-state index in [4.69, 9.17) is 0 Å². The SMILES string of the molecule is CC(C(=O)NC1CCCC1)N(Cc1cccc(Br)c1)C(=O)Cc1ccccc1[N+](=O)[O-]. The summed E-state index contributed by atoms with van der Waals surface area (Å²) in [6.07, 6.45) is 3.95. The van der Waals surface area contributed by atoms with Crippen LogP contribution in [0.4, 0.5) is 5.69 Å². The maximum Gasteiger partial charge on any atom is 0.273 e. The molecule has 8 heteroatoms. The van der Waals surface area contributed by atoms with E-state index in [0.717, 1.165) is 35.7 Å². The van der Waals surface area contributed by atoms with Crippen LogP contribution in [-0.2, 0) is 22.6 Å². The van der Waals surface area contributed by atoms with E-state index in [1.54, 1.807) is 25.1 Å². The molecule has 1 aliphatic carbocycles. The van der Waals surface area contributed by atoms with Crippen LogP contribution < -0.4 is 5.32 Å². The number of hydrogen-bond acceptors (Lipinski definition) is 4. The molecule has 0 aliphatic heterocycles. The fraction of sp³-hybridized carbons (Fsp3) is 0.391. The molecular weight excluding hydrogens is 462 g/mol. The summed E-state index contributed by atoms with van der Waals surface area (Å²) in [6.45, 7) is 1.94. The van der Waals surface area contributed by atoms with Crippen LogP contribution in [0.15, 0.2) is 53.0 Å². The van der Waals surface area contributed by atoms with Gasteiger partial charge in [0, 0.05) is 28.7 Å². The van der Waals surface area contributed by atoms with Gasteiger partial charge in [-0.1, -0.05) is 59.1 Å². The Balaban J connectivity index is 1.82. The number of nitro benzene ring substituents is 1. The zero-order chi connectivity index (χ0) is 22.4. The molecule has 1 saturated carbocycles. The standard InChI is InChI=1S/C23H26BrN3O4/c1-16(23(29)25-20-10-3-4-11-20)26(15-17-7-6-9-19(24)13-17)22(28)14-18-8-2-5-12-21(18)27(30)31/h2,5-9,12-13,16,20H,3-4,10-11,14-15H2,1H3,(H,25,29). The lowest BCUT2D eigenvalue weighted by Gasteiger charge is -2.30. The van der Waals surface area contributed by atoms with Crippen molar-refractivity contribution in [1.29, 1.82) is 0 Å². The van der Waals surface area contributed by atoms with Crippen LogP contribution >= 0.6 is 15.9 Å². The van der Waals surface area contributed by atoms with Crippen molar-refractivity contribution < 1.29 is 14.5 Å². The second-order valence-electron chi connectivity index (χ2n) is 7.88. The first-order valence-electron chi connectivity index (χ1n) is 10.4. The molecule has 0 radical (unpaired) electrons. The smallest absolute Gasteiger partial charge is 0.273 e. The summed E-state index contributed by atoms with van der Waals surface area (Å²) in [5.41, 5.74) is 1.10. The second kappa shape index (κ2) is 10.5. The zero-order valence-corrected chi connectivity index (χ0v) is 19.0. The molecule has 2 aromatic carbocycles. The largest absolute Gasteiger partial charge is 0.352 e. The average Bonchev–Trinajstić information content (AvgIpc) is 3.24. The normalized spacial score (nSPS) is 14.8. The number of nitro groups is 1. The summed E-state index contributed by atoms with van der Waals surface area (Å²) in [5.74, 6) is -0.527. The molecule has 1 N–H and O–H groups in total. The number of amides is 2. The number of nitrogens with zero attached hydrogens (tertiary/aromatic N) is 2. The predicted molar refractivity (Wildman–Crippen MR) is 121 cm³/mol. The van der Waals surface area contributed by atoms with E-state index >= 15 is 0 Å². The minimum atomic E-state index is -0.699. The lowest BCUT2D eigenvalue weighted by atomic mass is 10.1. The van der Waals surface area contributed by atoms with Crippen LogP contribution in [-0.4, -0.2) is 33.7 Å². The van der Waals surface area contributed by atoms with Gasteiger partial charge in [-0.2, -0.15) is 0 Å². The van der Waals surface area contributed by atoms with Crippen molar-refractivity contribution in [1.82, 2.24) is 10.2 Å². The van der Waals surface area contributed by atoms with Gasteiger partial charge >= 0.3 is 0 Å². The molecule has 0 spiro atoms. The maximum atomic E-state index is 13.3. The zero-order valence-electron chi connectivity index (χ0n) is 17.4. The molecule has 3 rings (SSSR count). The second-order valence-corrected chi connectivity index (χ2v) is 8.80. The first-order valence-corrected chi connectivity index (χ1v) is 11.2. The number of hydrogen-bond donors (Lipinski definition) is 1. The maximum absolute atomic E-state index is 13.3. The quantitative estimate of drug-likeness (QED) is 0.441. The van der Waals surface area contributed by atoms with Gasteiger partial charge < -0.3 is 10.2 Å². The average molecular weight is 488 g/mol. The first-order chi connectivity index (χ1) is 14.8. The Kier molecular flexibility index (Phi) is 7.79. The molecule has 164 valence electrons. The van der Waals surface area contributed by atoms with E-state index in [9.17, 15) is 19.7 Å². The highest BCUT2D eigenvalue weighted by Gasteiger charge is 2.29. The number of nitrogens with one attached hydrogen (secondary N) is 1. The summed E-state index contributed by atoms with van der Waals surface area (Å²) in [6, 6.07) is 13.2. The van der Waals surface area contributed by atoms with E-state index in [1.807, 2.05) is 24.3 Å². The Hall–Kier alpha value is -2.74. The Morgan fingerprint density at radius 1 is 1.19 bits per heavy atom. The molecule has 31 heavy (non-hydrogen) atoms. The molecular formula is C23H26BrN3O4. The van der Waals surface area contributed by atoms with Gasteiger partial charge in [0.1, 0.15) is 6.04 Å². The van der Waals surface area contributed by atoms with Crippen molar-refractivity contribution in [3.8, 4) is 0 Å². The monoisotopic (exact) mass is 487 g/mol. The van der Waals surface area contributed by atoms with Gasteiger partial charge in [0.25, 0.3) is 5.69 Å². The summed E-state index contributed by atoms with van der Waals surface area (Å²) < 4.78 is 0.874. The van der Waals surface area contributed by atoms with Crippen molar-refractivity contribution in [3.05, 3.63) is 74.2 Å². The molecule has 0 saturated heterocycles. The van der Waals surface area contributed by atoms with Crippen LogP contribution in [0.3, 0.4) is 0 Å². The fourth-order valence-corrected chi connectivity index (χ4v) is 4.36. The van der Waals surface area contributed by atoms with Gasteiger partial charge in [0.05, 0.1) is 11.3 Å². The molecule has 1 unspecified atom stereocenters. The van der Waals surface area contributed by atoms with E-state index in [0.29, 0.717) is 5.56 Å². The van der Waals surface area contributed by atoms with Crippen LogP contribution in [0.1, 0.15) is 43.7 Å². The van der Waals surface area contributed by atoms with E-state index in [2.05, 4.69) is 21.2 Å². The number of benzene rings is 2. The van der Waals surface area contributed by atoms with Crippen LogP contribution in [0.2, 0.25) is 0 Å². The van der Waals surface area contributed by atoms with Crippen LogP contribution in [0.25, 0.3) is 0 Å². The highest BCUT2D eigenvalue weighted by Crippen LogP contribution is 2.22. The van der Waals surface area contributed by atoms with E-state index in [-0.39, 0.29) is 36.5 Å². The number of carbonyl (C=O) groups excluding carboxylic acids is 2. The Labute approximate surface area is 190 Å². The number of halogens is 1. The molecule has 0 bridgehead atoms. The molecule has 2 aromatic rings. The van der Waals surface area contributed by atoms with Gasteiger partial charge in [-0.05, 0) is 37.5 Å². The van der Waals surface area contributed by atoms with Gasteiger partial charge in [-0.15, -0.1) is 0 Å². The summed E-state index contributed by atoms with van der Waals surface area (Å²) >= 11 is 3.43. The van der Waals surface area contributed by atoms with E-state index < -0.39 is 11.0 Å². The van der Waals surface area contributed by atoms with Crippen LogP contribution in [0, 0.1) is 10.1 Å². The highest BCUT2D eigenvalue weighted by molar-refractivity contribution is 9.10. The topological polar surface area (TPSA) is 92.6 Å². The third-order valence-corrected chi connectivity index (χ3v) is 6.13. The van der Waals surface area contributed by atoms with Gasteiger partial charge in [-0.25, -0.2) is 0 Å². The van der Waals surface area contributed by atoms with Gasteiger partial charge in [-0.3, -0.25) is 19.7 Å². The lowest BCUT2D eigenvalue weighted by Crippen LogP contribution is -2.50. The molecule has 0 aromatic heterocycles. The molecule has 2 amide bonds. The molecule has 7 nitrogen and oxygen atoms in total.